The van der Waals surface area contributed by atoms with E-state index in [2.05, 4.69) is 34.0 Å². The Kier molecular flexibility index (Phi) is 12.3. The first-order valence-corrected chi connectivity index (χ1v) is 8.41. The first kappa shape index (κ1) is 20.5. The van der Waals surface area contributed by atoms with Gasteiger partial charge in [0.1, 0.15) is 0 Å². The Bertz CT molecular complexity index is 340. The molecule has 1 amide bonds. The number of amides is 1. The summed E-state index contributed by atoms with van der Waals surface area (Å²) >= 11 is 0. The second kappa shape index (κ2) is 13.2. The summed E-state index contributed by atoms with van der Waals surface area (Å²) in [5.41, 5.74) is 0. The van der Waals surface area contributed by atoms with Crippen LogP contribution < -0.4 is 10.6 Å². The third-order valence-corrected chi connectivity index (χ3v) is 3.15. The highest BCUT2D eigenvalue weighted by molar-refractivity contribution is 5.80. The normalized spacial score (nSPS) is 11.4. The fraction of sp³-hybridized carbons (Fsp3) is 0.765. The second-order valence-corrected chi connectivity index (χ2v) is 5.77. The molecule has 0 heterocycles. The van der Waals surface area contributed by atoms with Gasteiger partial charge in [-0.1, -0.05) is 12.5 Å². The molecule has 5 heteroatoms. The molecule has 0 spiro atoms. The van der Waals surface area contributed by atoms with Crippen molar-refractivity contribution in [1.29, 1.82) is 0 Å². The Hall–Kier alpha value is -1.52. The minimum absolute atomic E-state index is 0.0571. The highest BCUT2D eigenvalue weighted by Crippen LogP contribution is 2.01. The van der Waals surface area contributed by atoms with Gasteiger partial charge in [-0.15, -0.1) is 6.58 Å². The minimum Gasteiger partial charge on any atom is -0.357 e. The number of aliphatic imine (C=N–C) groups is 1. The highest BCUT2D eigenvalue weighted by Gasteiger charge is 2.06. The molecule has 2 N–H and O–H groups in total. The molecule has 22 heavy (non-hydrogen) atoms. The number of carbonyl (C=O) groups excluding carboxylic acids is 1. The van der Waals surface area contributed by atoms with Gasteiger partial charge in [0.05, 0.1) is 6.54 Å². The molecule has 0 fully saturated rings. The van der Waals surface area contributed by atoms with Crippen LogP contribution in [0, 0.1) is 0 Å². The van der Waals surface area contributed by atoms with Crippen molar-refractivity contribution in [2.24, 2.45) is 4.99 Å². The van der Waals surface area contributed by atoms with Gasteiger partial charge in [-0.3, -0.25) is 9.79 Å². The molecule has 0 aliphatic rings. The second-order valence-electron chi connectivity index (χ2n) is 5.77. The SMILES string of the molecule is C=CCCCCCN(C)C(=NCCC(=O)NC(C)C)NCC. The largest absolute Gasteiger partial charge is 0.357 e. The average molecular weight is 310 g/mol. The van der Waals surface area contributed by atoms with E-state index in [0.29, 0.717) is 13.0 Å². The molecular formula is C17H34N4O. The zero-order valence-corrected chi connectivity index (χ0v) is 14.8. The highest BCUT2D eigenvalue weighted by atomic mass is 16.1. The molecule has 0 aromatic rings. The Morgan fingerprint density at radius 2 is 2.05 bits per heavy atom. The summed E-state index contributed by atoms with van der Waals surface area (Å²) in [4.78, 5) is 18.3. The van der Waals surface area contributed by atoms with Gasteiger partial charge in [0.2, 0.25) is 5.91 Å². The first-order valence-electron chi connectivity index (χ1n) is 8.41. The van der Waals surface area contributed by atoms with Gasteiger partial charge in [-0.05, 0) is 40.0 Å². The zero-order valence-electron chi connectivity index (χ0n) is 14.8. The van der Waals surface area contributed by atoms with Crippen LogP contribution in [0.3, 0.4) is 0 Å². The van der Waals surface area contributed by atoms with E-state index in [1.54, 1.807) is 0 Å². The summed E-state index contributed by atoms with van der Waals surface area (Å²) in [6, 6.07) is 0.183. The van der Waals surface area contributed by atoms with E-state index in [0.717, 1.165) is 31.9 Å². The lowest BCUT2D eigenvalue weighted by Gasteiger charge is -2.22. The summed E-state index contributed by atoms with van der Waals surface area (Å²) < 4.78 is 0. The lowest BCUT2D eigenvalue weighted by molar-refractivity contribution is -0.121. The number of guanidine groups is 1. The Morgan fingerprint density at radius 1 is 1.32 bits per heavy atom. The summed E-state index contributed by atoms with van der Waals surface area (Å²) in [5.74, 6) is 0.935. The maximum atomic E-state index is 11.6. The van der Waals surface area contributed by atoms with E-state index in [9.17, 15) is 4.79 Å². The standard InChI is InChI=1S/C17H34N4O/c1-6-8-9-10-11-14-21(5)17(18-7-2)19-13-12-16(22)20-15(3)4/h6,15H,1,7-14H2,2-5H3,(H,18,19)(H,20,22). The Balaban J connectivity index is 4.17. The van der Waals surface area contributed by atoms with Gasteiger partial charge < -0.3 is 15.5 Å². The number of hydrogen-bond acceptors (Lipinski definition) is 2. The van der Waals surface area contributed by atoms with Gasteiger partial charge in [0.15, 0.2) is 5.96 Å². The molecule has 0 aromatic heterocycles. The van der Waals surface area contributed by atoms with Gasteiger partial charge in [0.25, 0.3) is 0 Å². The summed E-state index contributed by atoms with van der Waals surface area (Å²) in [5, 5.41) is 6.16. The maximum absolute atomic E-state index is 11.6. The van der Waals surface area contributed by atoms with Crippen molar-refractivity contribution in [3.8, 4) is 0 Å². The number of carbonyl (C=O) groups is 1. The van der Waals surface area contributed by atoms with E-state index in [4.69, 9.17) is 0 Å². The average Bonchev–Trinajstić information content (AvgIpc) is 2.45. The molecule has 0 bridgehead atoms. The fourth-order valence-corrected chi connectivity index (χ4v) is 2.05. The number of rotatable bonds is 11. The van der Waals surface area contributed by atoms with Crippen LogP contribution in [0.15, 0.2) is 17.6 Å². The van der Waals surface area contributed by atoms with Crippen LogP contribution in [0.1, 0.15) is 52.9 Å². The van der Waals surface area contributed by atoms with Crippen LogP contribution in [0.4, 0.5) is 0 Å². The summed E-state index contributed by atoms with van der Waals surface area (Å²) in [6.45, 7) is 12.0. The third-order valence-electron chi connectivity index (χ3n) is 3.15. The predicted molar refractivity (Wildman–Crippen MR) is 95.2 cm³/mol. The molecule has 0 saturated heterocycles. The molecular weight excluding hydrogens is 276 g/mol. The zero-order chi connectivity index (χ0) is 16.8. The quantitative estimate of drug-likeness (QED) is 0.267. The molecule has 0 atom stereocenters. The van der Waals surface area contributed by atoms with Crippen LogP contribution in [-0.4, -0.2) is 49.5 Å². The number of allylic oxidation sites excluding steroid dienone is 1. The summed E-state index contributed by atoms with van der Waals surface area (Å²) in [7, 11) is 2.04. The van der Waals surface area contributed by atoms with Crippen molar-refractivity contribution in [2.45, 2.75) is 58.9 Å². The van der Waals surface area contributed by atoms with Crippen LogP contribution in [0.5, 0.6) is 0 Å². The Morgan fingerprint density at radius 3 is 2.64 bits per heavy atom. The topological polar surface area (TPSA) is 56.7 Å². The lowest BCUT2D eigenvalue weighted by atomic mass is 10.2. The monoisotopic (exact) mass is 310 g/mol. The number of nitrogens with zero attached hydrogens (tertiary/aromatic N) is 2. The van der Waals surface area contributed by atoms with Crippen molar-refractivity contribution >= 4 is 11.9 Å². The van der Waals surface area contributed by atoms with Crippen molar-refractivity contribution in [1.82, 2.24) is 15.5 Å². The molecule has 0 aliphatic heterocycles. The van der Waals surface area contributed by atoms with Crippen LogP contribution in [0.25, 0.3) is 0 Å². The minimum atomic E-state index is 0.0571. The van der Waals surface area contributed by atoms with Crippen LogP contribution in [-0.2, 0) is 4.79 Å². The van der Waals surface area contributed by atoms with E-state index in [-0.39, 0.29) is 11.9 Å². The first-order chi connectivity index (χ1) is 10.5. The van der Waals surface area contributed by atoms with Crippen molar-refractivity contribution in [2.75, 3.05) is 26.7 Å². The fourth-order valence-electron chi connectivity index (χ4n) is 2.05. The van der Waals surface area contributed by atoms with E-state index in [1.807, 2.05) is 27.0 Å². The molecule has 0 unspecified atom stereocenters. The van der Waals surface area contributed by atoms with Gasteiger partial charge in [0, 0.05) is 32.6 Å². The number of hydrogen-bond donors (Lipinski definition) is 2. The van der Waals surface area contributed by atoms with Crippen LogP contribution in [0.2, 0.25) is 0 Å². The number of unbranched alkanes of at least 4 members (excludes halogenated alkanes) is 3. The van der Waals surface area contributed by atoms with E-state index >= 15 is 0 Å². The van der Waals surface area contributed by atoms with Gasteiger partial charge in [-0.2, -0.15) is 0 Å². The van der Waals surface area contributed by atoms with Crippen molar-refractivity contribution < 1.29 is 4.79 Å². The molecule has 0 aliphatic carbocycles. The van der Waals surface area contributed by atoms with Gasteiger partial charge >= 0.3 is 0 Å². The number of nitrogens with one attached hydrogen (secondary N) is 2. The van der Waals surface area contributed by atoms with Crippen molar-refractivity contribution in [3.63, 3.8) is 0 Å². The maximum Gasteiger partial charge on any atom is 0.222 e. The molecule has 5 nitrogen and oxygen atoms in total. The lowest BCUT2D eigenvalue weighted by Crippen LogP contribution is -2.39. The molecule has 0 aromatic carbocycles. The van der Waals surface area contributed by atoms with Gasteiger partial charge in [-0.25, -0.2) is 0 Å². The smallest absolute Gasteiger partial charge is 0.222 e. The molecule has 0 saturated carbocycles. The predicted octanol–water partition coefficient (Wildman–Crippen LogP) is 2.54. The Labute approximate surface area is 136 Å². The van der Waals surface area contributed by atoms with E-state index in [1.165, 1.54) is 12.8 Å². The van der Waals surface area contributed by atoms with Crippen LogP contribution >= 0.6 is 0 Å². The summed E-state index contributed by atoms with van der Waals surface area (Å²) in [6.07, 6.45) is 7.02. The third kappa shape index (κ3) is 11.2. The molecule has 0 radical (unpaired) electrons. The molecule has 128 valence electrons. The van der Waals surface area contributed by atoms with Crippen molar-refractivity contribution in [3.05, 3.63) is 12.7 Å². The molecule has 0 rings (SSSR count). The van der Waals surface area contributed by atoms with E-state index < -0.39 is 0 Å².